The van der Waals surface area contributed by atoms with Crippen molar-refractivity contribution in [3.8, 4) is 11.4 Å². The first-order valence-electron chi connectivity index (χ1n) is 8.63. The van der Waals surface area contributed by atoms with Gasteiger partial charge in [0.2, 0.25) is 0 Å². The Morgan fingerprint density at radius 1 is 1.11 bits per heavy atom. The van der Waals surface area contributed by atoms with Crippen molar-refractivity contribution in [2.24, 2.45) is 0 Å². The Hall–Kier alpha value is -4.01. The SMILES string of the molecule is O=C(Nc1cccc(OCCn2cccn2)c1)c1ccccc1-n1cnnn1. The molecule has 0 saturated heterocycles. The van der Waals surface area contributed by atoms with Crippen molar-refractivity contribution in [1.82, 2.24) is 30.0 Å². The highest BCUT2D eigenvalue weighted by Crippen LogP contribution is 2.20. The third kappa shape index (κ3) is 4.04. The lowest BCUT2D eigenvalue weighted by Gasteiger charge is -2.11. The molecule has 2 heterocycles. The van der Waals surface area contributed by atoms with Gasteiger partial charge in [0.15, 0.2) is 0 Å². The van der Waals surface area contributed by atoms with E-state index in [4.69, 9.17) is 4.74 Å². The minimum absolute atomic E-state index is 0.264. The van der Waals surface area contributed by atoms with Crippen LogP contribution in [0.4, 0.5) is 5.69 Å². The zero-order valence-corrected chi connectivity index (χ0v) is 14.8. The summed E-state index contributed by atoms with van der Waals surface area (Å²) in [5.41, 5.74) is 1.68. The number of nitrogens with zero attached hydrogens (tertiary/aromatic N) is 6. The summed E-state index contributed by atoms with van der Waals surface area (Å²) in [6.07, 6.45) is 5.05. The molecule has 0 bridgehead atoms. The number of hydrogen-bond donors (Lipinski definition) is 1. The van der Waals surface area contributed by atoms with Crippen LogP contribution in [-0.4, -0.2) is 42.5 Å². The van der Waals surface area contributed by atoms with E-state index in [1.54, 1.807) is 41.2 Å². The molecule has 2 aromatic carbocycles. The van der Waals surface area contributed by atoms with Crippen molar-refractivity contribution < 1.29 is 9.53 Å². The number of para-hydroxylation sites is 1. The summed E-state index contributed by atoms with van der Waals surface area (Å²) < 4.78 is 8.99. The fourth-order valence-corrected chi connectivity index (χ4v) is 2.69. The Morgan fingerprint density at radius 2 is 2.04 bits per heavy atom. The van der Waals surface area contributed by atoms with Crippen LogP contribution in [0.5, 0.6) is 5.75 Å². The average molecular weight is 375 g/mol. The molecule has 0 aliphatic rings. The van der Waals surface area contributed by atoms with E-state index in [1.807, 2.05) is 30.5 Å². The van der Waals surface area contributed by atoms with Crippen molar-refractivity contribution in [1.29, 1.82) is 0 Å². The van der Waals surface area contributed by atoms with Crippen LogP contribution in [-0.2, 0) is 6.54 Å². The van der Waals surface area contributed by atoms with Gasteiger partial charge < -0.3 is 10.1 Å². The molecule has 0 fully saturated rings. The summed E-state index contributed by atoms with van der Waals surface area (Å²) in [6, 6.07) is 16.2. The predicted octanol–water partition coefficient (Wildman–Crippen LogP) is 2.19. The summed E-state index contributed by atoms with van der Waals surface area (Å²) in [6.45, 7) is 1.12. The summed E-state index contributed by atoms with van der Waals surface area (Å²) in [7, 11) is 0. The van der Waals surface area contributed by atoms with Gasteiger partial charge in [-0.25, -0.2) is 0 Å². The molecule has 2 aromatic heterocycles. The highest BCUT2D eigenvalue weighted by atomic mass is 16.5. The van der Waals surface area contributed by atoms with Crippen molar-refractivity contribution in [2.75, 3.05) is 11.9 Å². The van der Waals surface area contributed by atoms with E-state index in [9.17, 15) is 4.79 Å². The van der Waals surface area contributed by atoms with Gasteiger partial charge in [0.25, 0.3) is 5.91 Å². The van der Waals surface area contributed by atoms with E-state index in [2.05, 4.69) is 25.9 Å². The number of hydrogen-bond acceptors (Lipinski definition) is 6. The Morgan fingerprint density at radius 3 is 2.86 bits per heavy atom. The van der Waals surface area contributed by atoms with Crippen LogP contribution < -0.4 is 10.1 Å². The molecule has 9 heteroatoms. The molecule has 1 amide bonds. The number of carbonyl (C=O) groups is 1. The maximum atomic E-state index is 12.8. The molecule has 0 atom stereocenters. The first-order valence-corrected chi connectivity index (χ1v) is 8.63. The summed E-state index contributed by atoms with van der Waals surface area (Å²) in [4.78, 5) is 12.8. The van der Waals surface area contributed by atoms with Crippen LogP contribution in [0.1, 0.15) is 10.4 Å². The first-order chi connectivity index (χ1) is 13.8. The van der Waals surface area contributed by atoms with E-state index >= 15 is 0 Å². The van der Waals surface area contributed by atoms with Gasteiger partial charge in [0, 0.05) is 24.1 Å². The number of nitrogens with one attached hydrogen (secondary N) is 1. The molecule has 28 heavy (non-hydrogen) atoms. The monoisotopic (exact) mass is 375 g/mol. The molecule has 4 rings (SSSR count). The number of carbonyl (C=O) groups excluding carboxylic acids is 1. The number of tetrazole rings is 1. The van der Waals surface area contributed by atoms with E-state index in [0.717, 1.165) is 0 Å². The zero-order chi connectivity index (χ0) is 19.2. The minimum atomic E-state index is -0.264. The van der Waals surface area contributed by atoms with Gasteiger partial charge in [-0.1, -0.05) is 18.2 Å². The van der Waals surface area contributed by atoms with Gasteiger partial charge >= 0.3 is 0 Å². The summed E-state index contributed by atoms with van der Waals surface area (Å²) in [5.74, 6) is 0.401. The van der Waals surface area contributed by atoms with Gasteiger partial charge in [-0.05, 0) is 40.8 Å². The number of amides is 1. The van der Waals surface area contributed by atoms with E-state index in [-0.39, 0.29) is 5.91 Å². The number of ether oxygens (including phenoxy) is 1. The smallest absolute Gasteiger partial charge is 0.257 e. The van der Waals surface area contributed by atoms with Crippen LogP contribution in [0.2, 0.25) is 0 Å². The third-order valence-corrected chi connectivity index (χ3v) is 3.98. The molecule has 0 aliphatic carbocycles. The van der Waals surface area contributed by atoms with Crippen molar-refractivity contribution in [2.45, 2.75) is 6.54 Å². The lowest BCUT2D eigenvalue weighted by molar-refractivity contribution is 0.102. The zero-order valence-electron chi connectivity index (χ0n) is 14.8. The van der Waals surface area contributed by atoms with Gasteiger partial charge in [-0.2, -0.15) is 9.78 Å². The number of benzene rings is 2. The Bertz CT molecular complexity index is 1050. The lowest BCUT2D eigenvalue weighted by atomic mass is 10.1. The van der Waals surface area contributed by atoms with Crippen LogP contribution in [0.3, 0.4) is 0 Å². The first kappa shape index (κ1) is 17.4. The van der Waals surface area contributed by atoms with Crippen LogP contribution in [0, 0.1) is 0 Å². The van der Waals surface area contributed by atoms with Crippen molar-refractivity contribution in [3.05, 3.63) is 78.9 Å². The molecular weight excluding hydrogens is 358 g/mol. The summed E-state index contributed by atoms with van der Waals surface area (Å²) >= 11 is 0. The van der Waals surface area contributed by atoms with Crippen LogP contribution >= 0.6 is 0 Å². The van der Waals surface area contributed by atoms with Crippen molar-refractivity contribution in [3.63, 3.8) is 0 Å². The highest BCUT2D eigenvalue weighted by molar-refractivity contribution is 6.06. The van der Waals surface area contributed by atoms with Gasteiger partial charge in [0.1, 0.15) is 18.7 Å². The van der Waals surface area contributed by atoms with E-state index < -0.39 is 0 Å². The second kappa shape index (κ2) is 8.12. The molecule has 0 spiro atoms. The van der Waals surface area contributed by atoms with E-state index in [1.165, 1.54) is 11.0 Å². The molecule has 0 saturated carbocycles. The van der Waals surface area contributed by atoms with Crippen LogP contribution in [0.25, 0.3) is 5.69 Å². The molecule has 9 nitrogen and oxygen atoms in total. The van der Waals surface area contributed by atoms with E-state index in [0.29, 0.717) is 35.8 Å². The molecule has 0 aliphatic heterocycles. The second-order valence-corrected chi connectivity index (χ2v) is 5.87. The minimum Gasteiger partial charge on any atom is -0.492 e. The standard InChI is InChI=1S/C19H17N7O2/c27-19(17-7-1-2-8-18(17)26-14-20-23-24-26)22-15-5-3-6-16(13-15)28-12-11-25-10-4-9-21-25/h1-10,13-14H,11-12H2,(H,22,27). The maximum Gasteiger partial charge on any atom is 0.257 e. The fraction of sp³-hybridized carbons (Fsp3) is 0.105. The molecule has 4 aromatic rings. The number of anilines is 1. The third-order valence-electron chi connectivity index (χ3n) is 3.98. The van der Waals surface area contributed by atoms with Crippen molar-refractivity contribution >= 4 is 11.6 Å². The topological polar surface area (TPSA) is 99.8 Å². The number of aromatic nitrogens is 6. The molecular formula is C19H17N7O2. The lowest BCUT2D eigenvalue weighted by Crippen LogP contribution is -2.15. The van der Waals surface area contributed by atoms with Gasteiger partial charge in [0.05, 0.1) is 17.8 Å². The summed E-state index contributed by atoms with van der Waals surface area (Å²) in [5, 5.41) is 18.1. The number of rotatable bonds is 7. The highest BCUT2D eigenvalue weighted by Gasteiger charge is 2.13. The molecule has 1 N–H and O–H groups in total. The maximum absolute atomic E-state index is 12.8. The van der Waals surface area contributed by atoms with Gasteiger partial charge in [-0.15, -0.1) is 5.10 Å². The second-order valence-electron chi connectivity index (χ2n) is 5.87. The van der Waals surface area contributed by atoms with Gasteiger partial charge in [-0.3, -0.25) is 9.48 Å². The quantitative estimate of drug-likeness (QED) is 0.531. The normalized spacial score (nSPS) is 10.6. The molecule has 0 unspecified atom stereocenters. The molecule has 0 radical (unpaired) electrons. The predicted molar refractivity (Wildman–Crippen MR) is 101 cm³/mol. The Balaban J connectivity index is 1.44. The van der Waals surface area contributed by atoms with Crippen LogP contribution in [0.15, 0.2) is 73.3 Å². The Labute approximate surface area is 160 Å². The largest absolute Gasteiger partial charge is 0.492 e. The Kier molecular flexibility index (Phi) is 5.05. The fourth-order valence-electron chi connectivity index (χ4n) is 2.69. The molecule has 140 valence electrons. The average Bonchev–Trinajstić information content (AvgIpc) is 3.43.